The summed E-state index contributed by atoms with van der Waals surface area (Å²) in [5.41, 5.74) is 0. The number of carbonyl (C=O) groups excluding carboxylic acids is 3. The third-order valence-electron chi connectivity index (χ3n) is 11.9. The van der Waals surface area contributed by atoms with E-state index in [0.29, 0.717) is 0 Å². The van der Waals surface area contributed by atoms with Crippen LogP contribution >= 0.6 is 0 Å². The third kappa shape index (κ3) is 20.3. The van der Waals surface area contributed by atoms with Crippen molar-refractivity contribution in [2.24, 2.45) is 17.8 Å². The molecule has 16 atom stereocenters. The van der Waals surface area contributed by atoms with Crippen molar-refractivity contribution in [2.45, 2.75) is 140 Å². The molecule has 3 saturated heterocycles. The van der Waals surface area contributed by atoms with Gasteiger partial charge in [-0.25, -0.2) is 0 Å². The van der Waals surface area contributed by atoms with Gasteiger partial charge in [0.25, 0.3) is 0 Å². The second kappa shape index (κ2) is 32.7. The number of hydrogen-bond donors (Lipinski definition) is 10. The van der Waals surface area contributed by atoms with Gasteiger partial charge in [-0.1, -0.05) is 0 Å². The number of hydrogen-bond acceptors (Lipinski definition) is 21. The van der Waals surface area contributed by atoms with Crippen LogP contribution in [-0.2, 0) is 66.5 Å². The van der Waals surface area contributed by atoms with E-state index in [1.54, 1.807) is 0 Å². The average molecular weight is 1000 g/mol. The summed E-state index contributed by atoms with van der Waals surface area (Å²) in [4.78, 5) is 37.7. The van der Waals surface area contributed by atoms with Crippen molar-refractivity contribution in [1.29, 1.82) is 0 Å². The first kappa shape index (κ1) is 61.0. The number of ether oxygens (including phenoxy) is 11. The van der Waals surface area contributed by atoms with Gasteiger partial charge in [-0.3, -0.25) is 14.4 Å². The number of rotatable bonds is 33. The van der Waals surface area contributed by atoms with E-state index in [1.165, 1.54) is 20.8 Å². The van der Waals surface area contributed by atoms with Crippen molar-refractivity contribution in [1.82, 2.24) is 16.0 Å². The van der Waals surface area contributed by atoms with Gasteiger partial charge >= 0.3 is 0 Å². The molecule has 0 aromatic heterocycles. The lowest BCUT2D eigenvalue weighted by Crippen LogP contribution is -2.67. The molecule has 3 heterocycles. The molecule has 0 aliphatic carbocycles. The Morgan fingerprint density at radius 3 is 1.26 bits per heavy atom. The molecule has 16 unspecified atom stereocenters. The van der Waals surface area contributed by atoms with E-state index in [2.05, 4.69) is 16.0 Å². The fraction of sp³-hybridized carbons (Fsp3) is 0.933. The quantitative estimate of drug-likeness (QED) is 0.0280. The molecule has 0 aromatic rings. The van der Waals surface area contributed by atoms with Crippen LogP contribution in [-0.4, -0.2) is 257 Å². The predicted octanol–water partition coefficient (Wildman–Crippen LogP) is -3.98. The highest BCUT2D eigenvalue weighted by atomic mass is 16.6. The van der Waals surface area contributed by atoms with Crippen molar-refractivity contribution >= 4 is 17.7 Å². The minimum Gasteiger partial charge on any atom is -0.394 e. The molecule has 0 saturated carbocycles. The molecule has 10 N–H and O–H groups in total. The number of amides is 3. The monoisotopic (exact) mass is 1000 g/mol. The normalized spacial score (nSPS) is 32.3. The number of aliphatic hydroxyl groups is 7. The fourth-order valence-corrected chi connectivity index (χ4v) is 8.68. The molecule has 69 heavy (non-hydrogen) atoms. The predicted molar refractivity (Wildman–Crippen MR) is 242 cm³/mol. The number of carbonyl (C=O) groups is 3. The highest BCUT2D eigenvalue weighted by Gasteiger charge is 2.51. The zero-order valence-electron chi connectivity index (χ0n) is 41.3. The van der Waals surface area contributed by atoms with Gasteiger partial charge in [0.15, 0.2) is 0 Å². The highest BCUT2D eigenvalue weighted by molar-refractivity contribution is 5.74. The first-order valence-electron chi connectivity index (χ1n) is 24.0. The number of nitrogens with one attached hydrogen (secondary N) is 3. The second-order valence-electron chi connectivity index (χ2n) is 18.1. The molecule has 3 rings (SSSR count). The molecule has 24 nitrogen and oxygen atoms in total. The Morgan fingerprint density at radius 1 is 0.449 bits per heavy atom. The minimum absolute atomic E-state index is 0.000172. The van der Waals surface area contributed by atoms with Crippen LogP contribution in [0.2, 0.25) is 0 Å². The van der Waals surface area contributed by atoms with Crippen LogP contribution in [0.3, 0.4) is 0 Å². The topological polar surface area (TPSA) is 330 Å². The Morgan fingerprint density at radius 2 is 0.812 bits per heavy atom. The van der Waals surface area contributed by atoms with Crippen molar-refractivity contribution in [3.8, 4) is 0 Å². The van der Waals surface area contributed by atoms with E-state index < -0.39 is 115 Å². The Hall–Kier alpha value is -2.31. The van der Waals surface area contributed by atoms with Crippen molar-refractivity contribution in [3.05, 3.63) is 0 Å². The van der Waals surface area contributed by atoms with E-state index in [4.69, 9.17) is 52.1 Å². The van der Waals surface area contributed by atoms with Crippen LogP contribution in [0.25, 0.3) is 0 Å². The van der Waals surface area contributed by atoms with Crippen molar-refractivity contribution in [3.63, 3.8) is 0 Å². The van der Waals surface area contributed by atoms with Gasteiger partial charge in [0.2, 0.25) is 17.7 Å². The fourth-order valence-electron chi connectivity index (χ4n) is 8.68. The average Bonchev–Trinajstić information content (AvgIpc) is 3.28. The molecular formula is C45H83N3O21. The Kier molecular flexibility index (Phi) is 28.9. The molecule has 0 aromatic carbocycles. The van der Waals surface area contributed by atoms with Gasteiger partial charge in [-0.15, -0.1) is 0 Å². The molecular weight excluding hydrogens is 918 g/mol. The summed E-state index contributed by atoms with van der Waals surface area (Å²) in [5.74, 6) is -3.83. The van der Waals surface area contributed by atoms with Gasteiger partial charge in [0, 0.05) is 38.5 Å². The summed E-state index contributed by atoms with van der Waals surface area (Å²) in [5, 5.41) is 82.2. The molecule has 3 fully saturated rings. The molecule has 3 aliphatic rings. The summed E-state index contributed by atoms with van der Waals surface area (Å²) in [6.07, 6.45) is -10.8. The van der Waals surface area contributed by atoms with Gasteiger partial charge in [-0.05, 0) is 27.7 Å². The summed E-state index contributed by atoms with van der Waals surface area (Å²) >= 11 is 0. The first-order valence-corrected chi connectivity index (χ1v) is 24.0. The smallest absolute Gasteiger partial charge is 0.217 e. The van der Waals surface area contributed by atoms with Crippen LogP contribution in [0.15, 0.2) is 0 Å². The maximum absolute atomic E-state index is 12.7. The van der Waals surface area contributed by atoms with Crippen molar-refractivity contribution < 1.29 is 102 Å². The van der Waals surface area contributed by atoms with Crippen LogP contribution < -0.4 is 16.0 Å². The first-order chi connectivity index (χ1) is 33.0. The summed E-state index contributed by atoms with van der Waals surface area (Å²) in [7, 11) is 0. The molecule has 0 bridgehead atoms. The lowest BCUT2D eigenvalue weighted by molar-refractivity contribution is -0.238. The molecule has 24 heteroatoms. The highest BCUT2D eigenvalue weighted by Crippen LogP contribution is 2.34. The minimum atomic E-state index is -1.40. The van der Waals surface area contributed by atoms with Gasteiger partial charge < -0.3 is 104 Å². The van der Waals surface area contributed by atoms with E-state index in [-0.39, 0.29) is 125 Å². The zero-order chi connectivity index (χ0) is 51.0. The molecule has 404 valence electrons. The Labute approximate surface area is 405 Å². The van der Waals surface area contributed by atoms with E-state index >= 15 is 0 Å². The Balaban J connectivity index is 1.93. The molecule has 3 amide bonds. The standard InChI is InChI=1S/C45H83N3O21/c1-25(2)64-17-31-35(21-61-14-10-51)69-45(41(44(31)58)48-29(7)55)38(23-62-15-11-52)66-18-32-34(20-60-13-9-50)67-36(39(43(32)57)46-27(5)53)22-63-16-30-33(19-59-12-8-49)68-37(24-65-26(3)4)40(42(30)56)47-28(6)54/h25-26,30-45,49-52,56-58H,8-24H2,1-7H3,(H,46,53)(H,47,54)(H,48,55). The largest absolute Gasteiger partial charge is 0.394 e. The van der Waals surface area contributed by atoms with Gasteiger partial charge in [0.1, 0.15) is 24.4 Å². The maximum atomic E-state index is 12.7. The summed E-state index contributed by atoms with van der Waals surface area (Å²) < 4.78 is 66.6. The van der Waals surface area contributed by atoms with Crippen LogP contribution in [0.5, 0.6) is 0 Å². The molecule has 3 aliphatic heterocycles. The third-order valence-corrected chi connectivity index (χ3v) is 11.9. The van der Waals surface area contributed by atoms with E-state index in [0.717, 1.165) is 0 Å². The van der Waals surface area contributed by atoms with E-state index in [1.807, 2.05) is 27.7 Å². The zero-order valence-corrected chi connectivity index (χ0v) is 41.3. The maximum Gasteiger partial charge on any atom is 0.217 e. The van der Waals surface area contributed by atoms with Crippen molar-refractivity contribution in [2.75, 3.05) is 112 Å². The second-order valence-corrected chi connectivity index (χ2v) is 18.1. The lowest BCUT2D eigenvalue weighted by atomic mass is 9.83. The Bertz CT molecular complexity index is 1440. The number of aliphatic hydroxyl groups excluding tert-OH is 7. The summed E-state index contributed by atoms with van der Waals surface area (Å²) in [6, 6.07) is -3.08. The van der Waals surface area contributed by atoms with Gasteiger partial charge in [-0.2, -0.15) is 0 Å². The van der Waals surface area contributed by atoms with Crippen LogP contribution in [0.1, 0.15) is 48.5 Å². The lowest BCUT2D eigenvalue weighted by Gasteiger charge is -2.48. The molecule has 0 spiro atoms. The van der Waals surface area contributed by atoms with Crippen LogP contribution in [0, 0.1) is 17.8 Å². The SMILES string of the molecule is CC(=O)NC1C(COC(C)C)OC(COCCO)C(COCC2OC(COCCO)C(COC(COCCO)C3OC(COCCO)C(COC(C)C)C(O)C3NC(C)=O)C(O)C2NC(C)=O)C1O. The summed E-state index contributed by atoms with van der Waals surface area (Å²) in [6.45, 7) is 8.74. The van der Waals surface area contributed by atoms with Crippen LogP contribution in [0.4, 0.5) is 0 Å². The van der Waals surface area contributed by atoms with E-state index in [9.17, 15) is 50.1 Å². The van der Waals surface area contributed by atoms with Gasteiger partial charge in [0.05, 0.1) is 179 Å². The molecule has 0 radical (unpaired) electrons.